The fourth-order valence-corrected chi connectivity index (χ4v) is 5.40. The molecule has 7 nitrogen and oxygen atoms in total. The van der Waals surface area contributed by atoms with E-state index in [1.165, 1.54) is 0 Å². The second-order valence-corrected chi connectivity index (χ2v) is 11.9. The molecule has 0 saturated carbocycles. The molecular formula is C26H39NO6S. The molecule has 190 valence electrons. The van der Waals surface area contributed by atoms with Gasteiger partial charge in [0.25, 0.3) is 0 Å². The maximum absolute atomic E-state index is 13.2. The van der Waals surface area contributed by atoms with Crippen molar-refractivity contribution in [1.82, 2.24) is 4.98 Å². The Balaban J connectivity index is 1.81. The predicted molar refractivity (Wildman–Crippen MR) is 131 cm³/mol. The molecular weight excluding hydrogens is 454 g/mol. The summed E-state index contributed by atoms with van der Waals surface area (Å²) in [4.78, 5) is 30.4. The Kier molecular flexibility index (Phi) is 8.38. The highest BCUT2D eigenvalue weighted by molar-refractivity contribution is 7.09. The second kappa shape index (κ2) is 10.6. The van der Waals surface area contributed by atoms with Gasteiger partial charge >= 0.3 is 5.97 Å². The van der Waals surface area contributed by atoms with Crippen molar-refractivity contribution < 1.29 is 29.3 Å². The highest BCUT2D eigenvalue weighted by Gasteiger charge is 2.52. The van der Waals surface area contributed by atoms with Crippen molar-refractivity contribution >= 4 is 29.2 Å². The van der Waals surface area contributed by atoms with Crippen LogP contribution < -0.4 is 0 Å². The normalized spacial score (nSPS) is 37.9. The van der Waals surface area contributed by atoms with Crippen LogP contribution in [0, 0.1) is 24.2 Å². The Morgan fingerprint density at radius 1 is 1.21 bits per heavy atom. The zero-order valence-electron chi connectivity index (χ0n) is 21.1. The second-order valence-electron chi connectivity index (χ2n) is 10.8. The number of aliphatic hydroxyl groups is 2. The number of hydrogen-bond acceptors (Lipinski definition) is 8. The summed E-state index contributed by atoms with van der Waals surface area (Å²) >= 11 is 1.55. The van der Waals surface area contributed by atoms with E-state index in [1.807, 2.05) is 31.4 Å². The van der Waals surface area contributed by atoms with E-state index >= 15 is 0 Å². The average molecular weight is 494 g/mol. The van der Waals surface area contributed by atoms with Crippen molar-refractivity contribution in [2.24, 2.45) is 17.3 Å². The Bertz CT molecular complexity index is 911. The molecule has 2 aliphatic rings. The van der Waals surface area contributed by atoms with Crippen LogP contribution in [0.2, 0.25) is 0 Å². The van der Waals surface area contributed by atoms with E-state index in [2.05, 4.69) is 11.9 Å². The van der Waals surface area contributed by atoms with Crippen molar-refractivity contribution in [1.29, 1.82) is 0 Å². The third kappa shape index (κ3) is 6.33. The molecule has 2 aliphatic heterocycles. The minimum atomic E-state index is -1.22. The van der Waals surface area contributed by atoms with Crippen molar-refractivity contribution in [3.63, 3.8) is 0 Å². The zero-order chi connectivity index (χ0) is 25.3. The maximum atomic E-state index is 13.2. The molecule has 2 saturated heterocycles. The molecule has 1 aromatic rings. The van der Waals surface area contributed by atoms with E-state index in [1.54, 1.807) is 32.1 Å². The summed E-state index contributed by atoms with van der Waals surface area (Å²) < 4.78 is 11.7. The van der Waals surface area contributed by atoms with Crippen LogP contribution in [0.5, 0.6) is 0 Å². The van der Waals surface area contributed by atoms with Gasteiger partial charge in [-0.3, -0.25) is 9.59 Å². The molecule has 0 spiro atoms. The molecule has 7 atom stereocenters. The van der Waals surface area contributed by atoms with E-state index < -0.39 is 35.6 Å². The first-order valence-electron chi connectivity index (χ1n) is 12.2. The molecule has 0 aliphatic carbocycles. The van der Waals surface area contributed by atoms with E-state index in [9.17, 15) is 19.8 Å². The summed E-state index contributed by atoms with van der Waals surface area (Å²) in [6.07, 6.45) is 3.72. The third-order valence-corrected chi connectivity index (χ3v) is 8.34. The number of ketones is 1. The maximum Gasteiger partial charge on any atom is 0.309 e. The van der Waals surface area contributed by atoms with Crippen LogP contribution >= 0.6 is 11.3 Å². The summed E-state index contributed by atoms with van der Waals surface area (Å²) in [5.74, 6) is -1.55. The largest absolute Gasteiger partial charge is 0.458 e. The number of esters is 1. The quantitative estimate of drug-likeness (QED) is 0.472. The number of rotatable bonds is 2. The van der Waals surface area contributed by atoms with Crippen LogP contribution in [0.3, 0.4) is 0 Å². The lowest BCUT2D eigenvalue weighted by molar-refractivity contribution is -0.154. The number of aromatic nitrogens is 1. The van der Waals surface area contributed by atoms with E-state index in [0.29, 0.717) is 6.42 Å². The lowest BCUT2D eigenvalue weighted by Gasteiger charge is -2.34. The van der Waals surface area contributed by atoms with Crippen LogP contribution in [0.1, 0.15) is 77.4 Å². The topological polar surface area (TPSA) is 109 Å². The standard InChI is InChI=1S/C26H39NO6S/c1-15-8-7-11-26(6)21(33-26)12-19(10-9-18-14-34-17(3)27-18)32-22(29)13-20(28)25(4,5)24(31)16(2)23(15)30/h9-10,14-16,19-21,23,28,30H,7-8,11-13H2,1-6H3. The van der Waals surface area contributed by atoms with Crippen LogP contribution in [0.25, 0.3) is 6.08 Å². The van der Waals surface area contributed by atoms with E-state index in [0.717, 1.165) is 30.0 Å². The molecule has 2 N–H and O–H groups in total. The Labute approximate surface area is 206 Å². The number of aliphatic hydroxyl groups excluding tert-OH is 2. The molecule has 0 aromatic carbocycles. The van der Waals surface area contributed by atoms with Crippen molar-refractivity contribution in [3.8, 4) is 0 Å². The van der Waals surface area contributed by atoms with Gasteiger partial charge in [-0.15, -0.1) is 11.3 Å². The van der Waals surface area contributed by atoms with Gasteiger partial charge in [0.1, 0.15) is 11.9 Å². The SMILES string of the molecule is Cc1nc(C=CC2CC3OC3(C)CCCC(C)C(O)C(C)C(=O)C(C)(C)C(O)CC(=O)O2)cs1. The van der Waals surface area contributed by atoms with Gasteiger partial charge in [0.05, 0.1) is 46.5 Å². The Hall–Kier alpha value is -1.61. The van der Waals surface area contributed by atoms with Gasteiger partial charge < -0.3 is 19.7 Å². The van der Waals surface area contributed by atoms with Gasteiger partial charge in [0, 0.05) is 17.7 Å². The Morgan fingerprint density at radius 2 is 1.91 bits per heavy atom. The Morgan fingerprint density at radius 3 is 2.56 bits per heavy atom. The number of Topliss-reactive ketones (excluding diaryl/α,β-unsaturated/α-hetero) is 1. The summed E-state index contributed by atoms with van der Waals surface area (Å²) in [6.45, 7) is 10.9. The molecule has 0 bridgehead atoms. The summed E-state index contributed by atoms with van der Waals surface area (Å²) in [5, 5.41) is 24.5. The van der Waals surface area contributed by atoms with Crippen LogP contribution in [0.15, 0.2) is 11.5 Å². The van der Waals surface area contributed by atoms with Crippen molar-refractivity contribution in [2.75, 3.05) is 0 Å². The van der Waals surface area contributed by atoms with E-state index in [4.69, 9.17) is 9.47 Å². The minimum Gasteiger partial charge on any atom is -0.458 e. The molecule has 0 radical (unpaired) electrons. The smallest absolute Gasteiger partial charge is 0.309 e. The van der Waals surface area contributed by atoms with Crippen LogP contribution in [0.4, 0.5) is 0 Å². The summed E-state index contributed by atoms with van der Waals surface area (Å²) in [7, 11) is 0. The molecule has 3 rings (SSSR count). The van der Waals surface area contributed by atoms with Gasteiger partial charge in [-0.05, 0) is 44.8 Å². The molecule has 3 heterocycles. The number of ether oxygens (including phenoxy) is 2. The average Bonchev–Trinajstić information content (AvgIpc) is 3.19. The van der Waals surface area contributed by atoms with Crippen molar-refractivity contribution in [3.05, 3.63) is 22.2 Å². The molecule has 0 amide bonds. The van der Waals surface area contributed by atoms with Gasteiger partial charge in [0.2, 0.25) is 0 Å². The predicted octanol–water partition coefficient (Wildman–Crippen LogP) is 4.09. The lowest BCUT2D eigenvalue weighted by atomic mass is 9.73. The first-order chi connectivity index (χ1) is 15.8. The van der Waals surface area contributed by atoms with Gasteiger partial charge in [-0.2, -0.15) is 0 Å². The number of carbonyl (C=O) groups is 2. The summed E-state index contributed by atoms with van der Waals surface area (Å²) in [6, 6.07) is 0. The molecule has 8 heteroatoms. The number of fused-ring (bicyclic) bond motifs is 1. The number of cyclic esters (lactones) is 1. The number of hydrogen-bond donors (Lipinski definition) is 2. The lowest BCUT2D eigenvalue weighted by Crippen LogP contribution is -2.45. The summed E-state index contributed by atoms with van der Waals surface area (Å²) in [5.41, 5.74) is -0.684. The number of aryl methyl sites for hydroxylation is 1. The molecule has 1 aromatic heterocycles. The van der Waals surface area contributed by atoms with Crippen LogP contribution in [-0.2, 0) is 19.1 Å². The van der Waals surface area contributed by atoms with E-state index in [-0.39, 0.29) is 29.8 Å². The molecule has 2 fully saturated rings. The van der Waals surface area contributed by atoms with Gasteiger partial charge in [-0.1, -0.05) is 34.1 Å². The fourth-order valence-electron chi connectivity index (χ4n) is 4.82. The fraction of sp³-hybridized carbons (Fsp3) is 0.731. The highest BCUT2D eigenvalue weighted by Crippen LogP contribution is 2.44. The first-order valence-corrected chi connectivity index (χ1v) is 13.1. The number of epoxide rings is 1. The number of carbonyl (C=O) groups excluding carboxylic acids is 2. The molecule has 7 unspecified atom stereocenters. The number of nitrogens with zero attached hydrogens (tertiary/aromatic N) is 1. The van der Waals surface area contributed by atoms with Gasteiger partial charge in [-0.25, -0.2) is 4.98 Å². The minimum absolute atomic E-state index is 0.0397. The zero-order valence-corrected chi connectivity index (χ0v) is 21.9. The highest BCUT2D eigenvalue weighted by atomic mass is 32.1. The van der Waals surface area contributed by atoms with Crippen molar-refractivity contribution in [2.45, 2.75) is 104 Å². The monoisotopic (exact) mass is 493 g/mol. The molecule has 34 heavy (non-hydrogen) atoms. The van der Waals surface area contributed by atoms with Crippen LogP contribution in [-0.4, -0.2) is 57.0 Å². The third-order valence-electron chi connectivity index (χ3n) is 7.55. The number of thiazole rings is 1. The first kappa shape index (κ1) is 27.0. The van der Waals surface area contributed by atoms with Gasteiger partial charge in [0.15, 0.2) is 0 Å².